The normalized spacial score (nSPS) is 14.9. The standard InChI is InChI=1S/C24H31NO5/c1-15(2)20-9-18-10-23(29-8-6-7-28-5)24(30-14-17(4)26)11-19(18)21-12-22(27)16(3)13-25(20)21/h10-13,15,20H,6-9,14H2,1-5H3. The van der Waals surface area contributed by atoms with Crippen molar-refractivity contribution in [2.24, 2.45) is 5.92 Å². The number of Topliss-reactive ketones (excluding diaryl/α,β-unsaturated/α-hetero) is 1. The molecular formula is C24H31NO5. The van der Waals surface area contributed by atoms with Crippen molar-refractivity contribution in [2.45, 2.75) is 46.6 Å². The predicted octanol–water partition coefficient (Wildman–Crippen LogP) is 3.96. The van der Waals surface area contributed by atoms with Crippen LogP contribution in [0.1, 0.15) is 44.4 Å². The lowest BCUT2D eigenvalue weighted by Crippen LogP contribution is -2.26. The third-order valence-electron chi connectivity index (χ3n) is 5.45. The van der Waals surface area contributed by atoms with E-state index in [9.17, 15) is 9.59 Å². The molecule has 1 aliphatic heterocycles. The Hall–Kier alpha value is -2.60. The number of nitrogens with zero attached hydrogens (tertiary/aromatic N) is 1. The summed E-state index contributed by atoms with van der Waals surface area (Å²) in [5.74, 6) is 1.48. The van der Waals surface area contributed by atoms with Crippen LogP contribution in [0.25, 0.3) is 11.3 Å². The number of aryl methyl sites for hydroxylation is 1. The largest absolute Gasteiger partial charge is 0.490 e. The second kappa shape index (κ2) is 9.47. The highest BCUT2D eigenvalue weighted by atomic mass is 16.5. The topological polar surface area (TPSA) is 66.8 Å². The van der Waals surface area contributed by atoms with Crippen molar-refractivity contribution in [2.75, 3.05) is 26.9 Å². The average Bonchev–Trinajstić information content (AvgIpc) is 2.69. The first kappa shape index (κ1) is 22.1. The van der Waals surface area contributed by atoms with Crippen molar-refractivity contribution in [1.82, 2.24) is 4.57 Å². The van der Waals surface area contributed by atoms with E-state index in [4.69, 9.17) is 14.2 Å². The second-order valence-corrected chi connectivity index (χ2v) is 8.27. The number of ether oxygens (including phenoxy) is 3. The summed E-state index contributed by atoms with van der Waals surface area (Å²) in [6, 6.07) is 5.86. The van der Waals surface area contributed by atoms with Crippen LogP contribution >= 0.6 is 0 Å². The first-order chi connectivity index (χ1) is 14.3. The number of carbonyl (C=O) groups excluding carboxylic acids is 1. The summed E-state index contributed by atoms with van der Waals surface area (Å²) in [7, 11) is 1.66. The van der Waals surface area contributed by atoms with Crippen LogP contribution in [-0.4, -0.2) is 37.3 Å². The Morgan fingerprint density at radius 1 is 1.17 bits per heavy atom. The van der Waals surface area contributed by atoms with Crippen LogP contribution < -0.4 is 14.9 Å². The van der Waals surface area contributed by atoms with E-state index >= 15 is 0 Å². The zero-order chi connectivity index (χ0) is 21.8. The van der Waals surface area contributed by atoms with E-state index in [1.165, 1.54) is 6.92 Å². The summed E-state index contributed by atoms with van der Waals surface area (Å²) >= 11 is 0. The highest BCUT2D eigenvalue weighted by molar-refractivity contribution is 5.77. The fourth-order valence-electron chi connectivity index (χ4n) is 3.83. The number of carbonyl (C=O) groups is 1. The first-order valence-electron chi connectivity index (χ1n) is 10.5. The molecule has 0 radical (unpaired) electrons. The predicted molar refractivity (Wildman–Crippen MR) is 117 cm³/mol. The summed E-state index contributed by atoms with van der Waals surface area (Å²) < 4.78 is 19.0. The van der Waals surface area contributed by atoms with Crippen molar-refractivity contribution in [3.8, 4) is 22.8 Å². The van der Waals surface area contributed by atoms with Crippen molar-refractivity contribution < 1.29 is 19.0 Å². The van der Waals surface area contributed by atoms with Gasteiger partial charge in [-0.2, -0.15) is 0 Å². The molecule has 0 saturated carbocycles. The maximum atomic E-state index is 12.4. The van der Waals surface area contributed by atoms with Gasteiger partial charge in [0.1, 0.15) is 6.61 Å². The quantitative estimate of drug-likeness (QED) is 0.582. The smallest absolute Gasteiger partial charge is 0.185 e. The molecule has 3 rings (SSSR count). The number of methoxy groups -OCH3 is 1. The van der Waals surface area contributed by atoms with Gasteiger partial charge >= 0.3 is 0 Å². The average molecular weight is 414 g/mol. The van der Waals surface area contributed by atoms with Gasteiger partial charge in [0.2, 0.25) is 0 Å². The Balaban J connectivity index is 2.07. The first-order valence-corrected chi connectivity index (χ1v) is 10.5. The minimum atomic E-state index is -0.0647. The molecule has 0 bridgehead atoms. The van der Waals surface area contributed by atoms with Crippen LogP contribution in [0.3, 0.4) is 0 Å². The lowest BCUT2D eigenvalue weighted by Gasteiger charge is -2.34. The SMILES string of the molecule is COCCCOc1cc2c(cc1OCC(C)=O)-c1cc(=O)c(C)cn1C(C(C)C)C2. The number of rotatable bonds is 9. The lowest BCUT2D eigenvalue weighted by molar-refractivity contribution is -0.118. The third-order valence-corrected chi connectivity index (χ3v) is 5.45. The maximum absolute atomic E-state index is 12.4. The molecule has 2 aromatic rings. The molecule has 1 aromatic carbocycles. The van der Waals surface area contributed by atoms with Crippen molar-refractivity contribution in [1.29, 1.82) is 0 Å². The number of aromatic nitrogens is 1. The zero-order valence-corrected chi connectivity index (χ0v) is 18.5. The summed E-state index contributed by atoms with van der Waals surface area (Å²) in [5.41, 5.74) is 3.70. The van der Waals surface area contributed by atoms with Gasteiger partial charge in [-0.15, -0.1) is 0 Å². The van der Waals surface area contributed by atoms with Gasteiger partial charge in [-0.3, -0.25) is 9.59 Å². The monoisotopic (exact) mass is 413 g/mol. The summed E-state index contributed by atoms with van der Waals surface area (Å²) in [6.07, 6.45) is 3.55. The minimum absolute atomic E-state index is 0.0164. The number of benzene rings is 1. The Labute approximate surface area is 177 Å². The van der Waals surface area contributed by atoms with E-state index in [1.807, 2.05) is 25.3 Å². The third kappa shape index (κ3) is 4.75. The molecule has 1 unspecified atom stereocenters. The zero-order valence-electron chi connectivity index (χ0n) is 18.5. The van der Waals surface area contributed by atoms with Gasteiger partial charge in [0, 0.05) is 49.6 Å². The van der Waals surface area contributed by atoms with Gasteiger partial charge in [-0.1, -0.05) is 13.8 Å². The van der Waals surface area contributed by atoms with E-state index in [0.717, 1.165) is 35.2 Å². The van der Waals surface area contributed by atoms with E-state index in [2.05, 4.69) is 18.4 Å². The van der Waals surface area contributed by atoms with Gasteiger partial charge in [0.15, 0.2) is 22.7 Å². The lowest BCUT2D eigenvalue weighted by atomic mass is 9.87. The molecule has 1 atom stereocenters. The molecule has 1 aromatic heterocycles. The molecule has 0 spiro atoms. The molecule has 0 aliphatic carbocycles. The van der Waals surface area contributed by atoms with Crippen LogP contribution in [0.2, 0.25) is 0 Å². The fourth-order valence-corrected chi connectivity index (χ4v) is 3.83. The Bertz CT molecular complexity index is 976. The molecule has 1 aliphatic rings. The molecular weight excluding hydrogens is 382 g/mol. The molecule has 0 N–H and O–H groups in total. The second-order valence-electron chi connectivity index (χ2n) is 8.27. The van der Waals surface area contributed by atoms with Gasteiger partial charge in [-0.25, -0.2) is 0 Å². The van der Waals surface area contributed by atoms with E-state index < -0.39 is 0 Å². The van der Waals surface area contributed by atoms with Crippen molar-refractivity contribution >= 4 is 5.78 Å². The van der Waals surface area contributed by atoms with Gasteiger partial charge in [0.05, 0.1) is 12.3 Å². The van der Waals surface area contributed by atoms with Crippen LogP contribution in [0, 0.1) is 12.8 Å². The van der Waals surface area contributed by atoms with Crippen LogP contribution in [0.15, 0.2) is 29.2 Å². The van der Waals surface area contributed by atoms with Crippen molar-refractivity contribution in [3.05, 3.63) is 45.7 Å². The van der Waals surface area contributed by atoms with Crippen molar-refractivity contribution in [3.63, 3.8) is 0 Å². The number of hydrogen-bond donors (Lipinski definition) is 0. The fraction of sp³-hybridized carbons (Fsp3) is 0.500. The summed E-state index contributed by atoms with van der Waals surface area (Å²) in [5, 5.41) is 0. The number of hydrogen-bond acceptors (Lipinski definition) is 5. The highest BCUT2D eigenvalue weighted by Gasteiger charge is 2.28. The van der Waals surface area contributed by atoms with Gasteiger partial charge < -0.3 is 18.8 Å². The molecule has 0 fully saturated rings. The minimum Gasteiger partial charge on any atom is -0.490 e. The number of fused-ring (bicyclic) bond motifs is 3. The Morgan fingerprint density at radius 2 is 1.90 bits per heavy atom. The summed E-state index contributed by atoms with van der Waals surface area (Å²) in [6.45, 7) is 8.80. The van der Waals surface area contributed by atoms with Gasteiger partial charge in [-0.05, 0) is 43.9 Å². The molecule has 0 saturated heterocycles. The molecule has 2 heterocycles. The van der Waals surface area contributed by atoms with E-state index in [0.29, 0.717) is 30.6 Å². The van der Waals surface area contributed by atoms with Crippen LogP contribution in [0.5, 0.6) is 11.5 Å². The van der Waals surface area contributed by atoms with E-state index in [-0.39, 0.29) is 23.9 Å². The molecule has 6 heteroatoms. The molecule has 0 amide bonds. The number of pyridine rings is 1. The molecule has 162 valence electrons. The van der Waals surface area contributed by atoms with E-state index in [1.54, 1.807) is 13.2 Å². The Morgan fingerprint density at radius 3 is 2.57 bits per heavy atom. The maximum Gasteiger partial charge on any atom is 0.185 e. The van der Waals surface area contributed by atoms with Crippen LogP contribution in [0.4, 0.5) is 0 Å². The Kier molecular flexibility index (Phi) is 6.98. The molecule has 30 heavy (non-hydrogen) atoms. The highest BCUT2D eigenvalue weighted by Crippen LogP contribution is 2.42. The van der Waals surface area contributed by atoms with Crippen LogP contribution in [-0.2, 0) is 16.0 Å². The van der Waals surface area contributed by atoms with Gasteiger partial charge in [0.25, 0.3) is 0 Å². The molecule has 6 nitrogen and oxygen atoms in total. The number of ketones is 1. The summed E-state index contributed by atoms with van der Waals surface area (Å²) in [4.78, 5) is 23.9.